The Labute approximate surface area is 127 Å². The topological polar surface area (TPSA) is 41.9 Å². The first-order valence-electron chi connectivity index (χ1n) is 7.70. The van der Waals surface area contributed by atoms with Gasteiger partial charge >= 0.3 is 0 Å². The van der Waals surface area contributed by atoms with Crippen molar-refractivity contribution in [1.82, 2.24) is 4.90 Å². The fourth-order valence-electron chi connectivity index (χ4n) is 2.70. The highest BCUT2D eigenvalue weighted by Crippen LogP contribution is 2.35. The van der Waals surface area contributed by atoms with E-state index in [-0.39, 0.29) is 0 Å². The van der Waals surface area contributed by atoms with Crippen molar-refractivity contribution in [2.24, 2.45) is 5.92 Å². The fraction of sp³-hybridized carbons (Fsp3) is 0.647. The number of aliphatic hydroxyl groups is 1. The lowest BCUT2D eigenvalue weighted by Crippen LogP contribution is -2.40. The van der Waals surface area contributed by atoms with E-state index in [4.69, 9.17) is 9.47 Å². The SMILES string of the molecule is COCCN(CC(O)c1ccc(OC)cc1)C(C)C1CC1. The molecule has 2 unspecified atom stereocenters. The number of aliphatic hydroxyl groups excluding tert-OH is 1. The normalized spacial score (nSPS) is 17.8. The molecule has 0 bridgehead atoms. The van der Waals surface area contributed by atoms with Crippen LogP contribution in [0, 0.1) is 5.92 Å². The molecule has 0 aliphatic heterocycles. The zero-order valence-electron chi connectivity index (χ0n) is 13.3. The number of ether oxygens (including phenoxy) is 2. The Balaban J connectivity index is 1.96. The molecular formula is C17H27NO3. The van der Waals surface area contributed by atoms with Crippen molar-refractivity contribution >= 4 is 0 Å². The van der Waals surface area contributed by atoms with Crippen molar-refractivity contribution in [3.63, 3.8) is 0 Å². The summed E-state index contributed by atoms with van der Waals surface area (Å²) in [7, 11) is 3.37. The van der Waals surface area contributed by atoms with Crippen LogP contribution < -0.4 is 4.74 Å². The molecule has 1 aromatic carbocycles. The maximum Gasteiger partial charge on any atom is 0.118 e. The summed E-state index contributed by atoms with van der Waals surface area (Å²) in [5, 5.41) is 10.5. The van der Waals surface area contributed by atoms with Gasteiger partial charge in [0.25, 0.3) is 0 Å². The first-order valence-corrected chi connectivity index (χ1v) is 7.70. The quantitative estimate of drug-likeness (QED) is 0.759. The van der Waals surface area contributed by atoms with Crippen molar-refractivity contribution in [1.29, 1.82) is 0 Å². The van der Waals surface area contributed by atoms with Crippen LogP contribution in [0.4, 0.5) is 0 Å². The van der Waals surface area contributed by atoms with Crippen LogP contribution in [0.25, 0.3) is 0 Å². The van der Waals surface area contributed by atoms with Crippen molar-refractivity contribution in [2.45, 2.75) is 31.9 Å². The summed E-state index contributed by atoms with van der Waals surface area (Å²) in [6, 6.07) is 8.15. The van der Waals surface area contributed by atoms with Crippen LogP contribution in [-0.2, 0) is 4.74 Å². The van der Waals surface area contributed by atoms with Gasteiger partial charge in [-0.3, -0.25) is 4.90 Å². The van der Waals surface area contributed by atoms with E-state index >= 15 is 0 Å². The summed E-state index contributed by atoms with van der Waals surface area (Å²) in [5.41, 5.74) is 0.932. The van der Waals surface area contributed by atoms with Gasteiger partial charge in [-0.05, 0) is 43.4 Å². The van der Waals surface area contributed by atoms with Crippen molar-refractivity contribution in [3.8, 4) is 5.75 Å². The van der Waals surface area contributed by atoms with E-state index in [1.165, 1.54) is 12.8 Å². The number of hydrogen-bond acceptors (Lipinski definition) is 4. The molecule has 1 aromatic rings. The van der Waals surface area contributed by atoms with Crippen LogP contribution in [0.1, 0.15) is 31.4 Å². The van der Waals surface area contributed by atoms with Crippen LogP contribution in [0.3, 0.4) is 0 Å². The predicted molar refractivity (Wildman–Crippen MR) is 83.6 cm³/mol. The molecule has 0 spiro atoms. The molecule has 2 atom stereocenters. The summed E-state index contributed by atoms with van der Waals surface area (Å²) in [4.78, 5) is 2.34. The molecule has 0 radical (unpaired) electrons. The number of hydrogen-bond donors (Lipinski definition) is 1. The lowest BCUT2D eigenvalue weighted by molar-refractivity contribution is 0.0620. The second-order valence-corrected chi connectivity index (χ2v) is 5.85. The van der Waals surface area contributed by atoms with E-state index in [1.54, 1.807) is 14.2 Å². The summed E-state index contributed by atoms with van der Waals surface area (Å²) in [6.07, 6.45) is 2.14. The zero-order valence-corrected chi connectivity index (χ0v) is 13.3. The van der Waals surface area contributed by atoms with Gasteiger partial charge < -0.3 is 14.6 Å². The third kappa shape index (κ3) is 4.70. The Morgan fingerprint density at radius 3 is 2.43 bits per heavy atom. The summed E-state index contributed by atoms with van der Waals surface area (Å²) < 4.78 is 10.4. The maximum atomic E-state index is 10.5. The Morgan fingerprint density at radius 2 is 1.90 bits per heavy atom. The first kappa shape index (κ1) is 16.3. The minimum Gasteiger partial charge on any atom is -0.497 e. The Kier molecular flexibility index (Phi) is 6.03. The van der Waals surface area contributed by atoms with Crippen LogP contribution in [0.5, 0.6) is 5.75 Å². The Hall–Kier alpha value is -1.10. The van der Waals surface area contributed by atoms with Gasteiger partial charge in [-0.15, -0.1) is 0 Å². The minimum atomic E-state index is -0.478. The number of benzene rings is 1. The molecule has 118 valence electrons. The van der Waals surface area contributed by atoms with Gasteiger partial charge in [0, 0.05) is 26.2 Å². The van der Waals surface area contributed by atoms with Crippen molar-refractivity contribution < 1.29 is 14.6 Å². The van der Waals surface area contributed by atoms with E-state index in [1.807, 2.05) is 24.3 Å². The van der Waals surface area contributed by atoms with E-state index in [9.17, 15) is 5.11 Å². The zero-order chi connectivity index (χ0) is 15.2. The van der Waals surface area contributed by atoms with Crippen LogP contribution in [0.2, 0.25) is 0 Å². The first-order chi connectivity index (χ1) is 10.2. The largest absolute Gasteiger partial charge is 0.497 e. The lowest BCUT2D eigenvalue weighted by Gasteiger charge is -2.31. The molecule has 0 aromatic heterocycles. The molecule has 1 aliphatic rings. The van der Waals surface area contributed by atoms with Crippen LogP contribution in [-0.4, -0.2) is 50.0 Å². The van der Waals surface area contributed by atoms with E-state index in [0.717, 1.165) is 23.8 Å². The second kappa shape index (κ2) is 7.78. The summed E-state index contributed by atoms with van der Waals surface area (Å²) >= 11 is 0. The summed E-state index contributed by atoms with van der Waals surface area (Å²) in [5.74, 6) is 1.60. The Bertz CT molecular complexity index is 417. The predicted octanol–water partition coefficient (Wildman–Crippen LogP) is 2.48. The highest BCUT2D eigenvalue weighted by molar-refractivity contribution is 5.28. The van der Waals surface area contributed by atoms with Gasteiger partial charge in [0.1, 0.15) is 5.75 Å². The monoisotopic (exact) mass is 293 g/mol. The van der Waals surface area contributed by atoms with Crippen molar-refractivity contribution in [2.75, 3.05) is 33.9 Å². The molecule has 1 N–H and O–H groups in total. The fourth-order valence-corrected chi connectivity index (χ4v) is 2.70. The summed E-state index contributed by atoms with van der Waals surface area (Å²) in [6.45, 7) is 4.47. The smallest absolute Gasteiger partial charge is 0.118 e. The third-order valence-corrected chi connectivity index (χ3v) is 4.37. The minimum absolute atomic E-state index is 0.478. The van der Waals surface area contributed by atoms with Gasteiger partial charge in [-0.1, -0.05) is 12.1 Å². The number of methoxy groups -OCH3 is 2. The van der Waals surface area contributed by atoms with Gasteiger partial charge in [0.05, 0.1) is 19.8 Å². The highest BCUT2D eigenvalue weighted by atomic mass is 16.5. The Morgan fingerprint density at radius 1 is 1.24 bits per heavy atom. The average molecular weight is 293 g/mol. The van der Waals surface area contributed by atoms with Crippen LogP contribution in [0.15, 0.2) is 24.3 Å². The highest BCUT2D eigenvalue weighted by Gasteiger charge is 2.32. The molecular weight excluding hydrogens is 266 g/mol. The number of rotatable bonds is 9. The van der Waals surface area contributed by atoms with Gasteiger partial charge in [0.2, 0.25) is 0 Å². The van der Waals surface area contributed by atoms with Gasteiger partial charge in [-0.25, -0.2) is 0 Å². The van der Waals surface area contributed by atoms with E-state index in [2.05, 4.69) is 11.8 Å². The van der Waals surface area contributed by atoms with Gasteiger partial charge in [-0.2, -0.15) is 0 Å². The average Bonchev–Trinajstić information content (AvgIpc) is 3.35. The second-order valence-electron chi connectivity index (χ2n) is 5.85. The molecule has 1 saturated carbocycles. The van der Waals surface area contributed by atoms with Crippen molar-refractivity contribution in [3.05, 3.63) is 29.8 Å². The molecule has 0 amide bonds. The van der Waals surface area contributed by atoms with Crippen LogP contribution >= 0.6 is 0 Å². The number of nitrogens with zero attached hydrogens (tertiary/aromatic N) is 1. The molecule has 21 heavy (non-hydrogen) atoms. The molecule has 1 fully saturated rings. The maximum absolute atomic E-state index is 10.5. The molecule has 4 heteroatoms. The van der Waals surface area contributed by atoms with E-state index < -0.39 is 6.10 Å². The third-order valence-electron chi connectivity index (χ3n) is 4.37. The lowest BCUT2D eigenvalue weighted by atomic mass is 10.1. The molecule has 2 rings (SSSR count). The molecule has 0 heterocycles. The molecule has 1 aliphatic carbocycles. The van der Waals surface area contributed by atoms with E-state index in [0.29, 0.717) is 19.2 Å². The molecule has 0 saturated heterocycles. The van der Waals surface area contributed by atoms with Gasteiger partial charge in [0.15, 0.2) is 0 Å². The molecule has 4 nitrogen and oxygen atoms in total. The standard InChI is InChI=1S/C17H27NO3/c1-13(14-4-5-14)18(10-11-20-2)12-17(19)15-6-8-16(21-3)9-7-15/h6-9,13-14,17,19H,4-5,10-12H2,1-3H3.